The van der Waals surface area contributed by atoms with Gasteiger partial charge in [0.1, 0.15) is 11.8 Å². The highest BCUT2D eigenvalue weighted by Crippen LogP contribution is 2.48. The molecule has 1 N–H and O–H groups in total. The van der Waals surface area contributed by atoms with Crippen molar-refractivity contribution in [3.63, 3.8) is 0 Å². The molecule has 0 radical (unpaired) electrons. The van der Waals surface area contributed by atoms with Crippen LogP contribution in [-0.2, 0) is 34.3 Å². The van der Waals surface area contributed by atoms with Gasteiger partial charge in [0.25, 0.3) is 0 Å². The highest BCUT2D eigenvalue weighted by molar-refractivity contribution is 7.88. The fraction of sp³-hybridized carbons (Fsp3) is 0.429. The van der Waals surface area contributed by atoms with E-state index in [9.17, 15) is 39.6 Å². The molecule has 2 atom stereocenters. The van der Waals surface area contributed by atoms with Crippen molar-refractivity contribution in [2.75, 3.05) is 13.2 Å². The SMILES string of the molecule is CCOC(=O)C1c2cccc(OS(=O)(=O)C(F)(F)F)c2C2CN1C(=O)N2OS(=O)(=O)O. The summed E-state index contributed by atoms with van der Waals surface area (Å²) >= 11 is 0. The molecule has 0 aliphatic carbocycles. The van der Waals surface area contributed by atoms with E-state index in [0.29, 0.717) is 0 Å². The molecule has 1 aromatic carbocycles. The van der Waals surface area contributed by atoms with Gasteiger partial charge in [-0.2, -0.15) is 35.1 Å². The molecule has 0 aromatic heterocycles. The van der Waals surface area contributed by atoms with E-state index in [1.165, 1.54) is 13.0 Å². The molecule has 172 valence electrons. The number of amides is 2. The van der Waals surface area contributed by atoms with Crippen molar-refractivity contribution in [2.24, 2.45) is 0 Å². The highest BCUT2D eigenvalue weighted by atomic mass is 32.3. The lowest BCUT2D eigenvalue weighted by molar-refractivity contribution is -0.148. The second kappa shape index (κ2) is 7.50. The van der Waals surface area contributed by atoms with Crippen LogP contribution in [0.1, 0.15) is 30.1 Å². The Kier molecular flexibility index (Phi) is 5.58. The first-order valence-electron chi connectivity index (χ1n) is 8.25. The molecule has 1 aromatic rings. The fourth-order valence-corrected chi connectivity index (χ4v) is 4.09. The van der Waals surface area contributed by atoms with Crippen molar-refractivity contribution < 1.29 is 57.4 Å². The number of hydroxylamine groups is 2. The van der Waals surface area contributed by atoms with E-state index in [4.69, 9.17) is 9.29 Å². The standard InChI is InChI=1S/C14H13F3N2O10S2/c1-2-27-12(20)11-7-4-3-5-9(28-30(22,23)14(15,16)17)10(7)8-6-18(11)13(21)19(8)29-31(24,25)26/h3-5,8,11H,2,6H2,1H3,(H,24,25,26). The van der Waals surface area contributed by atoms with E-state index >= 15 is 0 Å². The zero-order valence-corrected chi connectivity index (χ0v) is 16.9. The van der Waals surface area contributed by atoms with Crippen molar-refractivity contribution in [1.82, 2.24) is 9.96 Å². The third-order valence-corrected chi connectivity index (χ3v) is 5.61. The summed E-state index contributed by atoms with van der Waals surface area (Å²) in [5.41, 5.74) is -6.42. The summed E-state index contributed by atoms with van der Waals surface area (Å²) < 4.78 is 106. The normalized spacial score (nSPS) is 21.1. The van der Waals surface area contributed by atoms with Gasteiger partial charge in [0.2, 0.25) is 0 Å². The Morgan fingerprint density at radius 1 is 1.26 bits per heavy atom. The molecule has 3 rings (SSSR count). The summed E-state index contributed by atoms with van der Waals surface area (Å²) in [6.45, 7) is 0.788. The summed E-state index contributed by atoms with van der Waals surface area (Å²) in [5, 5.41) is 0.0838. The number of esters is 1. The molecule has 1 saturated heterocycles. The smallest absolute Gasteiger partial charge is 0.464 e. The zero-order chi connectivity index (χ0) is 23.4. The van der Waals surface area contributed by atoms with Gasteiger partial charge in [0, 0.05) is 5.56 Å². The van der Waals surface area contributed by atoms with E-state index in [2.05, 4.69) is 8.47 Å². The van der Waals surface area contributed by atoms with E-state index in [-0.39, 0.29) is 17.2 Å². The number of rotatable bonds is 6. The van der Waals surface area contributed by atoms with Gasteiger partial charge < -0.3 is 13.8 Å². The molecule has 2 unspecified atom stereocenters. The van der Waals surface area contributed by atoms with Crippen molar-refractivity contribution in [3.8, 4) is 5.75 Å². The number of carbonyl (C=O) groups is 2. The minimum atomic E-state index is -6.16. The van der Waals surface area contributed by atoms with Crippen LogP contribution in [0.2, 0.25) is 0 Å². The molecule has 2 amide bonds. The van der Waals surface area contributed by atoms with Crippen LogP contribution in [0.3, 0.4) is 0 Å². The number of fused-ring (bicyclic) bond motifs is 4. The van der Waals surface area contributed by atoms with Crippen LogP contribution in [0.4, 0.5) is 18.0 Å². The Labute approximate surface area is 173 Å². The predicted molar refractivity (Wildman–Crippen MR) is 90.7 cm³/mol. The van der Waals surface area contributed by atoms with Gasteiger partial charge in [-0.1, -0.05) is 12.1 Å². The maximum Gasteiger partial charge on any atom is 0.534 e. The Morgan fingerprint density at radius 2 is 1.90 bits per heavy atom. The molecule has 0 saturated carbocycles. The van der Waals surface area contributed by atoms with E-state index in [1.54, 1.807) is 0 Å². The van der Waals surface area contributed by atoms with Gasteiger partial charge in [0.05, 0.1) is 13.2 Å². The maximum absolute atomic E-state index is 12.8. The molecule has 2 aliphatic heterocycles. The first-order valence-corrected chi connectivity index (χ1v) is 11.0. The molecule has 17 heteroatoms. The second-order valence-electron chi connectivity index (χ2n) is 6.18. The lowest BCUT2D eigenvalue weighted by atomic mass is 9.90. The number of hydrogen-bond acceptors (Lipinski definition) is 9. The van der Waals surface area contributed by atoms with Gasteiger partial charge in [-0.25, -0.2) is 9.59 Å². The highest BCUT2D eigenvalue weighted by Gasteiger charge is 2.55. The van der Waals surface area contributed by atoms with Crippen LogP contribution in [0.25, 0.3) is 0 Å². The van der Waals surface area contributed by atoms with Crippen LogP contribution < -0.4 is 4.18 Å². The van der Waals surface area contributed by atoms with Gasteiger partial charge >= 0.3 is 38.0 Å². The number of urea groups is 1. The first kappa shape index (κ1) is 23.0. The van der Waals surface area contributed by atoms with E-state index in [0.717, 1.165) is 17.0 Å². The van der Waals surface area contributed by atoms with Gasteiger partial charge in [-0.15, -0.1) is 4.28 Å². The van der Waals surface area contributed by atoms with E-state index < -0.39 is 68.0 Å². The molecule has 2 aliphatic rings. The Balaban J connectivity index is 2.20. The lowest BCUT2D eigenvalue weighted by Gasteiger charge is -2.32. The summed E-state index contributed by atoms with van der Waals surface area (Å²) in [7, 11) is -11.4. The number of nitrogens with zero attached hydrogens (tertiary/aromatic N) is 2. The van der Waals surface area contributed by atoms with Crippen LogP contribution in [0.5, 0.6) is 5.75 Å². The van der Waals surface area contributed by atoms with E-state index in [1.807, 2.05) is 0 Å². The monoisotopic (exact) mass is 490 g/mol. The first-order chi connectivity index (χ1) is 14.2. The quantitative estimate of drug-likeness (QED) is 0.264. The van der Waals surface area contributed by atoms with Crippen LogP contribution in [-0.4, -0.2) is 62.0 Å². The molecule has 2 bridgehead atoms. The minimum absolute atomic E-state index is 0.0838. The number of hydrogen-bond donors (Lipinski definition) is 1. The predicted octanol–water partition coefficient (Wildman–Crippen LogP) is 1.05. The summed E-state index contributed by atoms with van der Waals surface area (Å²) in [4.78, 5) is 25.9. The Morgan fingerprint density at radius 3 is 2.45 bits per heavy atom. The van der Waals surface area contributed by atoms with Crippen LogP contribution in [0.15, 0.2) is 18.2 Å². The zero-order valence-electron chi connectivity index (χ0n) is 15.3. The Hall–Kier alpha value is -2.63. The summed E-state index contributed by atoms with van der Waals surface area (Å²) in [5.74, 6) is -1.95. The fourth-order valence-electron chi connectivity index (χ4n) is 3.25. The molecule has 12 nitrogen and oxygen atoms in total. The largest absolute Gasteiger partial charge is 0.534 e. The Bertz CT molecular complexity index is 1140. The van der Waals surface area contributed by atoms with Gasteiger partial charge in [-0.3, -0.25) is 4.55 Å². The maximum atomic E-state index is 12.8. The van der Waals surface area contributed by atoms with Crippen molar-refractivity contribution in [1.29, 1.82) is 0 Å². The summed E-state index contributed by atoms with van der Waals surface area (Å²) in [6.07, 6.45) is 0. The molecular formula is C14H13F3N2O10S2. The minimum Gasteiger partial charge on any atom is -0.464 e. The second-order valence-corrected chi connectivity index (χ2v) is 8.72. The molecule has 1 fully saturated rings. The van der Waals surface area contributed by atoms with Crippen LogP contribution in [0, 0.1) is 0 Å². The molecule has 2 heterocycles. The van der Waals surface area contributed by atoms with Crippen molar-refractivity contribution >= 4 is 32.5 Å². The number of halogens is 3. The number of benzene rings is 1. The summed E-state index contributed by atoms with van der Waals surface area (Å²) in [6, 6.07) is -1.31. The number of alkyl halides is 3. The van der Waals surface area contributed by atoms with Gasteiger partial charge in [0.15, 0.2) is 6.04 Å². The lowest BCUT2D eigenvalue weighted by Crippen LogP contribution is -2.39. The average molecular weight is 490 g/mol. The number of ether oxygens (including phenoxy) is 1. The van der Waals surface area contributed by atoms with Gasteiger partial charge in [-0.05, 0) is 18.6 Å². The number of carbonyl (C=O) groups excluding carboxylic acids is 2. The topological polar surface area (TPSA) is 157 Å². The van der Waals surface area contributed by atoms with Crippen molar-refractivity contribution in [2.45, 2.75) is 24.5 Å². The molecular weight excluding hydrogens is 477 g/mol. The van der Waals surface area contributed by atoms with Crippen LogP contribution >= 0.6 is 0 Å². The molecule has 0 spiro atoms. The molecule has 31 heavy (non-hydrogen) atoms. The third kappa shape index (κ3) is 4.12. The van der Waals surface area contributed by atoms with Crippen molar-refractivity contribution in [3.05, 3.63) is 29.3 Å². The third-order valence-electron chi connectivity index (χ3n) is 4.29. The average Bonchev–Trinajstić information content (AvgIpc) is 2.86.